The minimum absolute atomic E-state index is 0.0873. The van der Waals surface area contributed by atoms with E-state index in [-0.39, 0.29) is 23.9 Å². The van der Waals surface area contributed by atoms with Crippen LogP contribution >= 0.6 is 15.9 Å². The summed E-state index contributed by atoms with van der Waals surface area (Å²) in [6, 6.07) is 18.0. The van der Waals surface area contributed by atoms with Crippen LogP contribution in [-0.2, 0) is 19.7 Å². The van der Waals surface area contributed by atoms with Gasteiger partial charge in [-0.3, -0.25) is 9.59 Å². The molecular formula is C25H26BrNO3. The number of hydrogen-bond donors (Lipinski definition) is 1. The minimum atomic E-state index is -0.433. The van der Waals surface area contributed by atoms with Crippen LogP contribution in [0.1, 0.15) is 44.1 Å². The Morgan fingerprint density at radius 3 is 2.30 bits per heavy atom. The van der Waals surface area contributed by atoms with Crippen LogP contribution in [0.2, 0.25) is 0 Å². The second-order valence-corrected chi connectivity index (χ2v) is 10.4. The molecule has 4 bridgehead atoms. The van der Waals surface area contributed by atoms with Crippen LogP contribution in [-0.4, -0.2) is 18.5 Å². The highest BCUT2D eigenvalue weighted by atomic mass is 79.9. The Labute approximate surface area is 185 Å². The molecule has 0 heterocycles. The molecule has 4 aliphatic carbocycles. The summed E-state index contributed by atoms with van der Waals surface area (Å²) < 4.78 is 6.55. The minimum Gasteiger partial charge on any atom is -0.455 e. The highest BCUT2D eigenvalue weighted by molar-refractivity contribution is 9.10. The fourth-order valence-electron chi connectivity index (χ4n) is 6.65. The summed E-state index contributed by atoms with van der Waals surface area (Å²) in [4.78, 5) is 25.6. The molecule has 0 saturated heterocycles. The van der Waals surface area contributed by atoms with Gasteiger partial charge in [0, 0.05) is 10.2 Å². The van der Waals surface area contributed by atoms with Crippen molar-refractivity contribution in [2.45, 2.75) is 43.9 Å². The first-order valence-corrected chi connectivity index (χ1v) is 11.5. The molecule has 4 saturated carbocycles. The quantitative estimate of drug-likeness (QED) is 0.593. The van der Waals surface area contributed by atoms with Crippen molar-refractivity contribution in [2.75, 3.05) is 11.9 Å². The monoisotopic (exact) mass is 467 g/mol. The molecular weight excluding hydrogens is 442 g/mol. The third-order valence-electron chi connectivity index (χ3n) is 7.34. The summed E-state index contributed by atoms with van der Waals surface area (Å²) in [6.07, 6.45) is 6.24. The van der Waals surface area contributed by atoms with E-state index in [1.165, 1.54) is 24.8 Å². The first kappa shape index (κ1) is 19.8. The highest BCUT2D eigenvalue weighted by Crippen LogP contribution is 2.66. The van der Waals surface area contributed by atoms with Crippen LogP contribution in [0.3, 0.4) is 0 Å². The Bertz CT molecular complexity index is 942. The Morgan fingerprint density at radius 2 is 1.63 bits per heavy atom. The number of benzene rings is 2. The largest absolute Gasteiger partial charge is 0.455 e. The van der Waals surface area contributed by atoms with Crippen LogP contribution in [0.15, 0.2) is 59.1 Å². The zero-order chi connectivity index (χ0) is 20.8. The number of anilines is 1. The molecule has 156 valence electrons. The maximum atomic E-state index is 13.3. The summed E-state index contributed by atoms with van der Waals surface area (Å²) >= 11 is 3.38. The molecule has 0 spiro atoms. The summed E-state index contributed by atoms with van der Waals surface area (Å²) in [7, 11) is 0. The summed E-state index contributed by atoms with van der Waals surface area (Å²) in [5.74, 6) is 0.683. The first-order valence-electron chi connectivity index (χ1n) is 10.7. The Kier molecular flexibility index (Phi) is 4.97. The maximum Gasteiger partial charge on any atom is 0.312 e. The molecule has 1 amide bonds. The molecule has 4 aliphatic rings. The molecule has 2 aromatic rings. The Hall–Kier alpha value is -2.14. The molecule has 2 unspecified atom stereocenters. The van der Waals surface area contributed by atoms with Crippen molar-refractivity contribution in [3.8, 4) is 0 Å². The van der Waals surface area contributed by atoms with Gasteiger partial charge in [0.1, 0.15) is 0 Å². The SMILES string of the molecule is O=C(COC(=O)C12C[C@H]3C[C@@H](C1)CC(c1ccccc1)(C3)C2)Nc1ccc(Br)cc1. The van der Waals surface area contributed by atoms with Gasteiger partial charge in [-0.15, -0.1) is 0 Å². The van der Waals surface area contributed by atoms with Crippen LogP contribution in [0.25, 0.3) is 0 Å². The van der Waals surface area contributed by atoms with E-state index in [9.17, 15) is 9.59 Å². The van der Waals surface area contributed by atoms with Crippen LogP contribution in [0, 0.1) is 17.3 Å². The van der Waals surface area contributed by atoms with Gasteiger partial charge in [-0.1, -0.05) is 46.3 Å². The number of nitrogens with one attached hydrogen (secondary N) is 1. The van der Waals surface area contributed by atoms with Crippen molar-refractivity contribution < 1.29 is 14.3 Å². The first-order chi connectivity index (χ1) is 14.5. The summed E-state index contributed by atoms with van der Waals surface area (Å²) in [5.41, 5.74) is 1.71. The van der Waals surface area contributed by atoms with Gasteiger partial charge in [-0.2, -0.15) is 0 Å². The summed E-state index contributed by atoms with van der Waals surface area (Å²) in [6.45, 7) is -0.232. The molecule has 4 nitrogen and oxygen atoms in total. The number of hydrogen-bond acceptors (Lipinski definition) is 3. The van der Waals surface area contributed by atoms with E-state index in [2.05, 4.69) is 51.6 Å². The fraction of sp³-hybridized carbons (Fsp3) is 0.440. The van der Waals surface area contributed by atoms with Crippen molar-refractivity contribution in [3.05, 3.63) is 64.6 Å². The van der Waals surface area contributed by atoms with Crippen molar-refractivity contribution in [2.24, 2.45) is 17.3 Å². The number of halogens is 1. The van der Waals surface area contributed by atoms with E-state index in [1.54, 1.807) is 0 Å². The number of carbonyl (C=O) groups excluding carboxylic acids is 2. The lowest BCUT2D eigenvalue weighted by atomic mass is 9.43. The van der Waals surface area contributed by atoms with Gasteiger partial charge in [0.05, 0.1) is 5.41 Å². The number of carbonyl (C=O) groups is 2. The molecule has 30 heavy (non-hydrogen) atoms. The average molecular weight is 468 g/mol. The number of esters is 1. The molecule has 4 fully saturated rings. The fourth-order valence-corrected chi connectivity index (χ4v) is 6.91. The maximum absolute atomic E-state index is 13.3. The Morgan fingerprint density at radius 1 is 0.967 bits per heavy atom. The second kappa shape index (κ2) is 7.52. The van der Waals surface area contributed by atoms with Gasteiger partial charge in [-0.05, 0) is 85.6 Å². The van der Waals surface area contributed by atoms with E-state index < -0.39 is 5.41 Å². The predicted octanol–water partition coefficient (Wildman–Crippen LogP) is 5.47. The van der Waals surface area contributed by atoms with Gasteiger partial charge in [0.15, 0.2) is 6.61 Å². The number of rotatable bonds is 5. The van der Waals surface area contributed by atoms with Gasteiger partial charge in [-0.25, -0.2) is 0 Å². The second-order valence-electron chi connectivity index (χ2n) is 9.52. The molecule has 0 aliphatic heterocycles. The van der Waals surface area contributed by atoms with Gasteiger partial charge in [0.2, 0.25) is 0 Å². The van der Waals surface area contributed by atoms with Crippen molar-refractivity contribution in [1.82, 2.24) is 0 Å². The molecule has 5 heteroatoms. The van der Waals surface area contributed by atoms with E-state index in [4.69, 9.17) is 4.74 Å². The topological polar surface area (TPSA) is 55.4 Å². The zero-order valence-electron chi connectivity index (χ0n) is 16.9. The lowest BCUT2D eigenvalue weighted by Crippen LogP contribution is -2.57. The molecule has 6 rings (SSSR count). The van der Waals surface area contributed by atoms with Crippen molar-refractivity contribution in [1.29, 1.82) is 0 Å². The van der Waals surface area contributed by atoms with Gasteiger partial charge < -0.3 is 10.1 Å². The average Bonchev–Trinajstić information content (AvgIpc) is 2.73. The summed E-state index contributed by atoms with van der Waals surface area (Å²) in [5, 5.41) is 2.79. The molecule has 4 atom stereocenters. The van der Waals surface area contributed by atoms with E-state index in [0.29, 0.717) is 17.5 Å². The lowest BCUT2D eigenvalue weighted by Gasteiger charge is -2.61. The van der Waals surface area contributed by atoms with Gasteiger partial charge >= 0.3 is 5.97 Å². The van der Waals surface area contributed by atoms with E-state index in [0.717, 1.165) is 23.7 Å². The van der Waals surface area contributed by atoms with Crippen LogP contribution in [0.5, 0.6) is 0 Å². The van der Waals surface area contributed by atoms with E-state index in [1.807, 2.05) is 24.3 Å². The van der Waals surface area contributed by atoms with Crippen molar-refractivity contribution >= 4 is 33.5 Å². The molecule has 0 radical (unpaired) electrons. The Balaban J connectivity index is 1.28. The predicted molar refractivity (Wildman–Crippen MR) is 119 cm³/mol. The van der Waals surface area contributed by atoms with Crippen LogP contribution in [0.4, 0.5) is 5.69 Å². The standard InChI is InChI=1S/C25H26BrNO3/c26-20-6-8-21(9-7-20)27-22(28)15-30-23(29)25-13-17-10-18(14-25)12-24(11-17,16-25)19-4-2-1-3-5-19/h1-9,17-18H,10-16H2,(H,27,28)/t17-,18+,24?,25?. The van der Waals surface area contributed by atoms with E-state index >= 15 is 0 Å². The molecule has 0 aromatic heterocycles. The third kappa shape index (κ3) is 3.58. The molecule has 1 N–H and O–H groups in total. The third-order valence-corrected chi connectivity index (χ3v) is 7.87. The van der Waals surface area contributed by atoms with Gasteiger partial charge in [0.25, 0.3) is 5.91 Å². The van der Waals surface area contributed by atoms with Crippen LogP contribution < -0.4 is 5.32 Å². The number of ether oxygens (including phenoxy) is 1. The lowest BCUT2D eigenvalue weighted by molar-refractivity contribution is -0.175. The zero-order valence-corrected chi connectivity index (χ0v) is 18.5. The molecule has 2 aromatic carbocycles. The number of amides is 1. The van der Waals surface area contributed by atoms with Crippen molar-refractivity contribution in [3.63, 3.8) is 0 Å². The normalized spacial score (nSPS) is 31.4. The highest BCUT2D eigenvalue weighted by Gasteiger charge is 2.61. The smallest absolute Gasteiger partial charge is 0.312 e.